The minimum atomic E-state index is 0.124. The second kappa shape index (κ2) is 5.49. The van der Waals surface area contributed by atoms with Gasteiger partial charge in [-0.3, -0.25) is 0 Å². The van der Waals surface area contributed by atoms with Gasteiger partial charge in [0, 0.05) is 9.49 Å². The summed E-state index contributed by atoms with van der Waals surface area (Å²) in [6.45, 7) is 4.12. The number of hydrogen-bond acceptors (Lipinski definition) is 1. The van der Waals surface area contributed by atoms with Gasteiger partial charge in [0.25, 0.3) is 0 Å². The largest absolute Gasteiger partial charge is 0.303 e. The molecule has 0 saturated carbocycles. The van der Waals surface area contributed by atoms with Crippen molar-refractivity contribution in [2.75, 3.05) is 0 Å². The molecule has 0 spiro atoms. The lowest BCUT2D eigenvalue weighted by molar-refractivity contribution is -0.110. The second-order valence-corrected chi connectivity index (χ2v) is 4.71. The number of hydrogen-bond donors (Lipinski definition) is 0. The molecular formula is C12H15IO. The molecule has 0 aliphatic rings. The maximum Gasteiger partial charge on any atom is 0.123 e. The molecular weight excluding hydrogens is 287 g/mol. The first kappa shape index (κ1) is 11.7. The fourth-order valence-corrected chi connectivity index (χ4v) is 2.52. The van der Waals surface area contributed by atoms with Crippen molar-refractivity contribution in [3.05, 3.63) is 32.9 Å². The monoisotopic (exact) mass is 302 g/mol. The van der Waals surface area contributed by atoms with Gasteiger partial charge >= 0.3 is 0 Å². The predicted molar refractivity (Wildman–Crippen MR) is 67.5 cm³/mol. The van der Waals surface area contributed by atoms with E-state index in [9.17, 15) is 4.79 Å². The molecule has 0 N–H and O–H groups in total. The average molecular weight is 302 g/mol. The summed E-state index contributed by atoms with van der Waals surface area (Å²) in [6, 6.07) is 6.31. The molecule has 76 valence electrons. The fraction of sp³-hybridized carbons (Fsp3) is 0.417. The molecule has 1 aromatic carbocycles. The van der Waals surface area contributed by atoms with Crippen LogP contribution in [0, 0.1) is 9.49 Å². The number of rotatable bonds is 4. The Morgan fingerprint density at radius 1 is 1.50 bits per heavy atom. The molecule has 1 atom stereocenters. The van der Waals surface area contributed by atoms with E-state index in [1.165, 1.54) is 14.7 Å². The molecule has 0 heterocycles. The molecule has 2 heteroatoms. The van der Waals surface area contributed by atoms with Crippen LogP contribution in [-0.2, 0) is 17.6 Å². The zero-order valence-corrected chi connectivity index (χ0v) is 10.7. The van der Waals surface area contributed by atoms with E-state index >= 15 is 0 Å². The van der Waals surface area contributed by atoms with E-state index in [1.54, 1.807) is 0 Å². The van der Waals surface area contributed by atoms with Crippen LogP contribution in [0.25, 0.3) is 0 Å². The van der Waals surface area contributed by atoms with E-state index in [-0.39, 0.29) is 5.92 Å². The van der Waals surface area contributed by atoms with Gasteiger partial charge in [-0.25, -0.2) is 0 Å². The van der Waals surface area contributed by atoms with Crippen LogP contribution >= 0.6 is 22.6 Å². The second-order valence-electron chi connectivity index (χ2n) is 3.55. The summed E-state index contributed by atoms with van der Waals surface area (Å²) in [4.78, 5) is 10.6. The van der Waals surface area contributed by atoms with Crippen molar-refractivity contribution in [2.45, 2.75) is 26.7 Å². The molecule has 0 radical (unpaired) electrons. The van der Waals surface area contributed by atoms with Crippen molar-refractivity contribution >= 4 is 28.9 Å². The van der Waals surface area contributed by atoms with Crippen molar-refractivity contribution in [1.82, 2.24) is 0 Å². The van der Waals surface area contributed by atoms with Gasteiger partial charge in [-0.1, -0.05) is 26.0 Å². The van der Waals surface area contributed by atoms with Crippen LogP contribution in [0.1, 0.15) is 25.0 Å². The number of halogens is 1. The van der Waals surface area contributed by atoms with Crippen molar-refractivity contribution in [3.63, 3.8) is 0 Å². The molecule has 0 bridgehead atoms. The fourth-order valence-electron chi connectivity index (χ4n) is 1.59. The summed E-state index contributed by atoms with van der Waals surface area (Å²) >= 11 is 2.36. The van der Waals surface area contributed by atoms with E-state index < -0.39 is 0 Å². The standard InChI is InChI=1S/C12H15IO/c1-3-11-10(7-9(2)8-14)5-4-6-12(11)13/h4-6,8-9H,3,7H2,1-2H3. The Hall–Kier alpha value is -0.380. The molecule has 0 amide bonds. The van der Waals surface area contributed by atoms with Gasteiger partial charge < -0.3 is 4.79 Å². The SMILES string of the molecule is CCc1c(I)cccc1CC(C)C=O. The topological polar surface area (TPSA) is 17.1 Å². The van der Waals surface area contributed by atoms with E-state index in [1.807, 2.05) is 6.92 Å². The highest BCUT2D eigenvalue weighted by molar-refractivity contribution is 14.1. The Kier molecular flexibility index (Phi) is 4.58. The lowest BCUT2D eigenvalue weighted by Gasteiger charge is -2.11. The lowest BCUT2D eigenvalue weighted by Crippen LogP contribution is -2.04. The highest BCUT2D eigenvalue weighted by atomic mass is 127. The first-order valence-electron chi connectivity index (χ1n) is 4.90. The van der Waals surface area contributed by atoms with Gasteiger partial charge in [-0.15, -0.1) is 0 Å². The van der Waals surface area contributed by atoms with Crippen LogP contribution in [0.5, 0.6) is 0 Å². The summed E-state index contributed by atoms with van der Waals surface area (Å²) in [7, 11) is 0. The smallest absolute Gasteiger partial charge is 0.123 e. The maximum atomic E-state index is 10.6. The third kappa shape index (κ3) is 2.80. The van der Waals surface area contributed by atoms with Crippen LogP contribution in [-0.4, -0.2) is 6.29 Å². The van der Waals surface area contributed by atoms with E-state index in [2.05, 4.69) is 47.7 Å². The van der Waals surface area contributed by atoms with Crippen LogP contribution < -0.4 is 0 Å². The van der Waals surface area contributed by atoms with E-state index in [0.29, 0.717) is 0 Å². The molecule has 0 aromatic heterocycles. The third-order valence-electron chi connectivity index (χ3n) is 2.34. The molecule has 1 nitrogen and oxygen atoms in total. The third-order valence-corrected chi connectivity index (χ3v) is 3.35. The quantitative estimate of drug-likeness (QED) is 0.616. The average Bonchev–Trinajstić information content (AvgIpc) is 2.18. The van der Waals surface area contributed by atoms with Crippen LogP contribution in [0.4, 0.5) is 0 Å². The summed E-state index contributed by atoms with van der Waals surface area (Å²) < 4.78 is 1.31. The normalized spacial score (nSPS) is 12.5. The summed E-state index contributed by atoms with van der Waals surface area (Å²) in [5.41, 5.74) is 2.71. The minimum Gasteiger partial charge on any atom is -0.303 e. The Balaban J connectivity index is 2.95. The Morgan fingerprint density at radius 3 is 2.79 bits per heavy atom. The molecule has 14 heavy (non-hydrogen) atoms. The number of carbonyl (C=O) groups is 1. The Labute approximate surface area is 99.0 Å². The first-order chi connectivity index (χ1) is 6.69. The van der Waals surface area contributed by atoms with Crippen molar-refractivity contribution in [1.29, 1.82) is 0 Å². The zero-order valence-electron chi connectivity index (χ0n) is 8.59. The van der Waals surface area contributed by atoms with Crippen LogP contribution in [0.2, 0.25) is 0 Å². The van der Waals surface area contributed by atoms with Gasteiger partial charge in [0.15, 0.2) is 0 Å². The van der Waals surface area contributed by atoms with Crippen molar-refractivity contribution < 1.29 is 4.79 Å². The van der Waals surface area contributed by atoms with Gasteiger partial charge in [-0.05, 0) is 52.6 Å². The van der Waals surface area contributed by atoms with Crippen LogP contribution in [0.15, 0.2) is 18.2 Å². The van der Waals surface area contributed by atoms with Gasteiger partial charge in [-0.2, -0.15) is 0 Å². The highest BCUT2D eigenvalue weighted by Gasteiger charge is 2.07. The molecule has 1 unspecified atom stereocenters. The summed E-state index contributed by atoms with van der Waals surface area (Å²) in [5, 5.41) is 0. The Morgan fingerprint density at radius 2 is 2.21 bits per heavy atom. The van der Waals surface area contributed by atoms with Gasteiger partial charge in [0.1, 0.15) is 6.29 Å². The minimum absolute atomic E-state index is 0.124. The molecule has 1 rings (SSSR count). The number of benzene rings is 1. The van der Waals surface area contributed by atoms with E-state index in [4.69, 9.17) is 0 Å². The maximum absolute atomic E-state index is 10.6. The zero-order chi connectivity index (χ0) is 10.6. The molecule has 0 fully saturated rings. The van der Waals surface area contributed by atoms with E-state index in [0.717, 1.165) is 19.1 Å². The molecule has 1 aromatic rings. The Bertz CT molecular complexity index is 320. The summed E-state index contributed by atoms with van der Waals surface area (Å²) in [6.07, 6.45) is 2.93. The predicted octanol–water partition coefficient (Wildman–Crippen LogP) is 3.23. The van der Waals surface area contributed by atoms with Gasteiger partial charge in [0.2, 0.25) is 0 Å². The molecule has 0 aliphatic heterocycles. The number of aldehydes is 1. The molecule has 0 saturated heterocycles. The molecule has 0 aliphatic carbocycles. The number of carbonyl (C=O) groups excluding carboxylic acids is 1. The van der Waals surface area contributed by atoms with Gasteiger partial charge in [0.05, 0.1) is 0 Å². The highest BCUT2D eigenvalue weighted by Crippen LogP contribution is 2.20. The van der Waals surface area contributed by atoms with Crippen LogP contribution in [0.3, 0.4) is 0 Å². The lowest BCUT2D eigenvalue weighted by atomic mass is 9.96. The first-order valence-corrected chi connectivity index (χ1v) is 5.98. The van der Waals surface area contributed by atoms with Crippen molar-refractivity contribution in [2.24, 2.45) is 5.92 Å². The van der Waals surface area contributed by atoms with Crippen molar-refractivity contribution in [3.8, 4) is 0 Å². The summed E-state index contributed by atoms with van der Waals surface area (Å²) in [5.74, 6) is 0.124.